The van der Waals surface area contributed by atoms with E-state index in [1.165, 1.54) is 16.9 Å². The number of amides is 2. The van der Waals surface area contributed by atoms with Gasteiger partial charge < -0.3 is 0 Å². The molecule has 0 aromatic heterocycles. The normalized spacial score (nSPS) is 23.6. The summed E-state index contributed by atoms with van der Waals surface area (Å²) in [7, 11) is 0. The van der Waals surface area contributed by atoms with E-state index in [1.807, 2.05) is 24.3 Å². The molecule has 2 fully saturated rings. The molecule has 0 unspecified atom stereocenters. The zero-order valence-electron chi connectivity index (χ0n) is 13.4. The minimum atomic E-state index is -0.252. The highest BCUT2D eigenvalue weighted by Gasteiger charge is 2.42. The van der Waals surface area contributed by atoms with Gasteiger partial charge in [-0.25, -0.2) is 4.90 Å². The molecule has 1 aromatic rings. The maximum atomic E-state index is 12.7. The predicted molar refractivity (Wildman–Crippen MR) is 86.9 cm³/mol. The Balaban J connectivity index is 1.78. The molecule has 0 bridgehead atoms. The van der Waals surface area contributed by atoms with Crippen molar-refractivity contribution in [3.05, 3.63) is 29.8 Å². The van der Waals surface area contributed by atoms with Crippen molar-refractivity contribution in [1.82, 2.24) is 4.90 Å². The number of rotatable bonds is 3. The SMILES string of the molecule is CC(C)c1ccc(N2C(=O)C[C@@H](N3CCCCC3)C2=O)cc1. The van der Waals surface area contributed by atoms with Gasteiger partial charge >= 0.3 is 0 Å². The van der Waals surface area contributed by atoms with Gasteiger partial charge in [-0.2, -0.15) is 0 Å². The number of piperidine rings is 1. The predicted octanol–water partition coefficient (Wildman–Crippen LogP) is 2.93. The molecule has 0 N–H and O–H groups in total. The van der Waals surface area contributed by atoms with Gasteiger partial charge in [-0.1, -0.05) is 32.4 Å². The van der Waals surface area contributed by atoms with Crippen LogP contribution in [0.3, 0.4) is 0 Å². The van der Waals surface area contributed by atoms with E-state index in [0.717, 1.165) is 25.9 Å². The van der Waals surface area contributed by atoms with Gasteiger partial charge in [0.2, 0.25) is 5.91 Å². The lowest BCUT2D eigenvalue weighted by Crippen LogP contribution is -2.44. The van der Waals surface area contributed by atoms with E-state index in [4.69, 9.17) is 0 Å². The molecule has 1 aromatic carbocycles. The van der Waals surface area contributed by atoms with Crippen LogP contribution in [-0.4, -0.2) is 35.8 Å². The third kappa shape index (κ3) is 2.80. The number of benzene rings is 1. The fourth-order valence-corrected chi connectivity index (χ4v) is 3.41. The van der Waals surface area contributed by atoms with Gasteiger partial charge in [0.05, 0.1) is 18.2 Å². The van der Waals surface area contributed by atoms with E-state index in [0.29, 0.717) is 18.0 Å². The van der Waals surface area contributed by atoms with Gasteiger partial charge in [0.1, 0.15) is 0 Å². The smallest absolute Gasteiger partial charge is 0.251 e. The molecule has 2 amide bonds. The third-order valence-electron chi connectivity index (χ3n) is 4.77. The quantitative estimate of drug-likeness (QED) is 0.806. The first kappa shape index (κ1) is 15.2. The molecule has 2 heterocycles. The summed E-state index contributed by atoms with van der Waals surface area (Å²) < 4.78 is 0. The van der Waals surface area contributed by atoms with E-state index in [1.54, 1.807) is 0 Å². The van der Waals surface area contributed by atoms with Crippen LogP contribution in [-0.2, 0) is 9.59 Å². The summed E-state index contributed by atoms with van der Waals surface area (Å²) in [6.07, 6.45) is 3.80. The molecule has 0 spiro atoms. The minimum Gasteiger partial charge on any atom is -0.292 e. The second kappa shape index (κ2) is 6.21. The molecule has 0 aliphatic carbocycles. The zero-order valence-corrected chi connectivity index (χ0v) is 13.4. The third-order valence-corrected chi connectivity index (χ3v) is 4.77. The number of anilines is 1. The average molecular weight is 300 g/mol. The molecule has 22 heavy (non-hydrogen) atoms. The molecule has 0 radical (unpaired) electrons. The second-order valence-electron chi connectivity index (χ2n) is 6.63. The van der Waals surface area contributed by atoms with Crippen LogP contribution in [0.2, 0.25) is 0 Å². The van der Waals surface area contributed by atoms with Crippen LogP contribution >= 0.6 is 0 Å². The van der Waals surface area contributed by atoms with E-state index < -0.39 is 0 Å². The van der Waals surface area contributed by atoms with Crippen molar-refractivity contribution in [2.45, 2.75) is 51.5 Å². The lowest BCUT2D eigenvalue weighted by molar-refractivity contribution is -0.123. The molecule has 4 nitrogen and oxygen atoms in total. The monoisotopic (exact) mass is 300 g/mol. The molecule has 1 atom stereocenters. The highest BCUT2D eigenvalue weighted by molar-refractivity contribution is 6.22. The average Bonchev–Trinajstić information content (AvgIpc) is 2.83. The van der Waals surface area contributed by atoms with E-state index in [2.05, 4.69) is 18.7 Å². The summed E-state index contributed by atoms with van der Waals surface area (Å²) >= 11 is 0. The van der Waals surface area contributed by atoms with Crippen molar-refractivity contribution < 1.29 is 9.59 Å². The summed E-state index contributed by atoms with van der Waals surface area (Å²) in [6.45, 7) is 6.13. The largest absolute Gasteiger partial charge is 0.292 e. The van der Waals surface area contributed by atoms with Gasteiger partial charge in [0.15, 0.2) is 0 Å². The van der Waals surface area contributed by atoms with Crippen molar-refractivity contribution in [1.29, 1.82) is 0 Å². The Morgan fingerprint density at radius 2 is 1.64 bits per heavy atom. The molecule has 118 valence electrons. The number of likely N-dealkylation sites (tertiary alicyclic amines) is 1. The topological polar surface area (TPSA) is 40.6 Å². The Morgan fingerprint density at radius 1 is 1.00 bits per heavy atom. The number of hydrogen-bond donors (Lipinski definition) is 0. The summed E-state index contributed by atoms with van der Waals surface area (Å²) in [4.78, 5) is 28.6. The van der Waals surface area contributed by atoms with Crippen molar-refractivity contribution in [2.75, 3.05) is 18.0 Å². The van der Waals surface area contributed by atoms with Gasteiger partial charge in [-0.3, -0.25) is 14.5 Å². The van der Waals surface area contributed by atoms with Crippen molar-refractivity contribution in [2.24, 2.45) is 0 Å². The summed E-state index contributed by atoms with van der Waals surface area (Å²) in [5, 5.41) is 0. The standard InChI is InChI=1S/C18H24N2O2/c1-13(2)14-6-8-15(9-7-14)20-17(21)12-16(18(20)22)19-10-4-3-5-11-19/h6-9,13,16H,3-5,10-12H2,1-2H3/t16-/m1/s1. The van der Waals surface area contributed by atoms with E-state index >= 15 is 0 Å². The van der Waals surface area contributed by atoms with Crippen LogP contribution in [0.4, 0.5) is 5.69 Å². The number of carbonyl (C=O) groups excluding carboxylic acids is 2. The lowest BCUT2D eigenvalue weighted by atomic mass is 10.0. The second-order valence-corrected chi connectivity index (χ2v) is 6.63. The molecular weight excluding hydrogens is 276 g/mol. The highest BCUT2D eigenvalue weighted by Crippen LogP contribution is 2.28. The Bertz CT molecular complexity index is 559. The number of carbonyl (C=O) groups is 2. The van der Waals surface area contributed by atoms with Gasteiger partial charge in [-0.15, -0.1) is 0 Å². The molecule has 3 rings (SSSR count). The Morgan fingerprint density at radius 3 is 2.23 bits per heavy atom. The van der Waals surface area contributed by atoms with Crippen LogP contribution < -0.4 is 4.90 Å². The van der Waals surface area contributed by atoms with Crippen LogP contribution in [0.1, 0.15) is 51.0 Å². The van der Waals surface area contributed by atoms with Crippen LogP contribution in [0.15, 0.2) is 24.3 Å². The first-order valence-corrected chi connectivity index (χ1v) is 8.28. The first-order chi connectivity index (χ1) is 10.6. The lowest BCUT2D eigenvalue weighted by Gasteiger charge is -2.30. The fourth-order valence-electron chi connectivity index (χ4n) is 3.41. The van der Waals surface area contributed by atoms with Crippen LogP contribution in [0.5, 0.6) is 0 Å². The molecular formula is C18H24N2O2. The van der Waals surface area contributed by atoms with Crippen LogP contribution in [0, 0.1) is 0 Å². The Hall–Kier alpha value is -1.68. The molecule has 4 heteroatoms. The fraction of sp³-hybridized carbons (Fsp3) is 0.556. The number of imide groups is 1. The molecule has 2 saturated heterocycles. The minimum absolute atomic E-state index is 0.0517. The van der Waals surface area contributed by atoms with Gasteiger partial charge in [-0.05, 0) is 49.5 Å². The Labute approximate surface area is 132 Å². The molecule has 0 saturated carbocycles. The van der Waals surface area contributed by atoms with Crippen molar-refractivity contribution >= 4 is 17.5 Å². The maximum absolute atomic E-state index is 12.7. The van der Waals surface area contributed by atoms with Crippen molar-refractivity contribution in [3.8, 4) is 0 Å². The summed E-state index contributed by atoms with van der Waals surface area (Å²) in [5.74, 6) is 0.321. The van der Waals surface area contributed by atoms with E-state index in [9.17, 15) is 9.59 Å². The van der Waals surface area contributed by atoms with E-state index in [-0.39, 0.29) is 17.9 Å². The van der Waals surface area contributed by atoms with Crippen LogP contribution in [0.25, 0.3) is 0 Å². The molecule has 2 aliphatic heterocycles. The number of nitrogens with zero attached hydrogens (tertiary/aromatic N) is 2. The van der Waals surface area contributed by atoms with Crippen molar-refractivity contribution in [3.63, 3.8) is 0 Å². The maximum Gasteiger partial charge on any atom is 0.251 e. The highest BCUT2D eigenvalue weighted by atomic mass is 16.2. The summed E-state index contributed by atoms with van der Waals surface area (Å²) in [5.41, 5.74) is 1.93. The first-order valence-electron chi connectivity index (χ1n) is 8.28. The zero-order chi connectivity index (χ0) is 15.7. The number of hydrogen-bond acceptors (Lipinski definition) is 3. The van der Waals surface area contributed by atoms with Gasteiger partial charge in [0, 0.05) is 0 Å². The Kier molecular flexibility index (Phi) is 4.30. The summed E-state index contributed by atoms with van der Waals surface area (Å²) in [6, 6.07) is 7.55. The molecule has 2 aliphatic rings. The van der Waals surface area contributed by atoms with Gasteiger partial charge in [0.25, 0.3) is 5.91 Å².